The van der Waals surface area contributed by atoms with E-state index in [9.17, 15) is 4.79 Å². The Balaban J connectivity index is 1.29. The van der Waals surface area contributed by atoms with E-state index in [0.29, 0.717) is 28.9 Å². The minimum atomic E-state index is -0.0317. The number of halogens is 1. The van der Waals surface area contributed by atoms with Gasteiger partial charge in [-0.25, -0.2) is 15.0 Å². The van der Waals surface area contributed by atoms with E-state index in [-0.39, 0.29) is 18.1 Å². The monoisotopic (exact) mass is 418 g/mol. The van der Waals surface area contributed by atoms with Crippen molar-refractivity contribution >= 4 is 28.7 Å². The van der Waals surface area contributed by atoms with Crippen LogP contribution < -0.4 is 0 Å². The molecule has 0 amide bonds. The molecule has 2 heterocycles. The Bertz CT molecular complexity index is 839. The zero-order chi connectivity index (χ0) is 20.2. The van der Waals surface area contributed by atoms with Crippen LogP contribution >= 0.6 is 11.6 Å². The molecule has 0 aromatic carbocycles. The van der Waals surface area contributed by atoms with Crippen molar-refractivity contribution in [2.45, 2.75) is 89.7 Å². The smallest absolute Gasteiger partial charge is 0.306 e. The van der Waals surface area contributed by atoms with Gasteiger partial charge in [0.1, 0.15) is 17.9 Å². The maximum atomic E-state index is 12.4. The number of nitrogens with zero attached hydrogens (tertiary/aromatic N) is 4. The van der Waals surface area contributed by atoms with Crippen LogP contribution in [0.2, 0.25) is 5.15 Å². The van der Waals surface area contributed by atoms with E-state index in [2.05, 4.69) is 26.4 Å². The molecule has 158 valence electrons. The van der Waals surface area contributed by atoms with Crippen LogP contribution in [0, 0.1) is 11.8 Å². The second-order valence-corrected chi connectivity index (χ2v) is 9.05. The summed E-state index contributed by atoms with van der Waals surface area (Å²) in [6.45, 7) is 2.23. The van der Waals surface area contributed by atoms with Crippen molar-refractivity contribution in [1.29, 1.82) is 0 Å². The van der Waals surface area contributed by atoms with Gasteiger partial charge in [-0.2, -0.15) is 0 Å². The number of carbonyl (C=O) groups excluding carboxylic acids is 1. The Morgan fingerprint density at radius 2 is 1.90 bits per heavy atom. The molecule has 4 atom stereocenters. The number of hydrogen-bond donors (Lipinski definition) is 0. The van der Waals surface area contributed by atoms with Gasteiger partial charge in [0, 0.05) is 18.4 Å². The van der Waals surface area contributed by atoms with E-state index in [1.165, 1.54) is 38.4 Å². The lowest BCUT2D eigenvalue weighted by atomic mass is 9.92. The summed E-state index contributed by atoms with van der Waals surface area (Å²) in [7, 11) is 0. The van der Waals surface area contributed by atoms with E-state index in [1.54, 1.807) is 0 Å². The van der Waals surface area contributed by atoms with E-state index in [4.69, 9.17) is 16.3 Å². The van der Waals surface area contributed by atoms with Gasteiger partial charge >= 0.3 is 5.97 Å². The van der Waals surface area contributed by atoms with Gasteiger partial charge in [0.15, 0.2) is 10.8 Å². The van der Waals surface area contributed by atoms with Crippen LogP contribution in [-0.4, -0.2) is 31.6 Å². The van der Waals surface area contributed by atoms with Crippen LogP contribution in [0.15, 0.2) is 12.7 Å². The Kier molecular flexibility index (Phi) is 6.68. The molecule has 2 bridgehead atoms. The molecule has 6 nitrogen and oxygen atoms in total. The van der Waals surface area contributed by atoms with Crippen molar-refractivity contribution in [3.63, 3.8) is 0 Å². The molecule has 29 heavy (non-hydrogen) atoms. The number of esters is 1. The van der Waals surface area contributed by atoms with Crippen molar-refractivity contribution in [2.75, 3.05) is 0 Å². The van der Waals surface area contributed by atoms with Gasteiger partial charge in [-0.1, -0.05) is 57.0 Å². The van der Waals surface area contributed by atoms with Crippen molar-refractivity contribution in [2.24, 2.45) is 11.8 Å². The molecule has 7 heteroatoms. The Morgan fingerprint density at radius 1 is 1.10 bits per heavy atom. The standard InChI is InChI=1S/C22H31ClN4O2/c1-2-3-4-5-6-7-8-9-19(28)29-18-12-15-10-16(18)17(11-15)27-14-26-20-21(23)24-13-25-22(20)27/h13-18H,2-12H2,1H3/t15-,16+,17+,18-/m0/s1. The first kappa shape index (κ1) is 20.6. The molecule has 2 aromatic heterocycles. The molecule has 0 spiro atoms. The second-order valence-electron chi connectivity index (χ2n) is 8.69. The van der Waals surface area contributed by atoms with E-state index < -0.39 is 0 Å². The zero-order valence-corrected chi connectivity index (χ0v) is 18.0. The molecule has 2 saturated carbocycles. The lowest BCUT2D eigenvalue weighted by Crippen LogP contribution is -2.31. The molecule has 0 N–H and O–H groups in total. The average Bonchev–Trinajstić information content (AvgIpc) is 3.41. The van der Waals surface area contributed by atoms with Gasteiger partial charge in [-0.15, -0.1) is 0 Å². The molecule has 0 aliphatic heterocycles. The third-order valence-corrected chi connectivity index (χ3v) is 6.93. The summed E-state index contributed by atoms with van der Waals surface area (Å²) in [5.74, 6) is 0.913. The zero-order valence-electron chi connectivity index (χ0n) is 17.2. The lowest BCUT2D eigenvalue weighted by Gasteiger charge is -2.30. The maximum absolute atomic E-state index is 12.4. The highest BCUT2D eigenvalue weighted by Gasteiger charge is 2.49. The predicted octanol–water partition coefficient (Wildman–Crippen LogP) is 5.50. The SMILES string of the molecule is CCCCCCCCCC(=O)O[C@H]1C[C@H]2C[C@@H]1[C@H](n1cnc3c(Cl)ncnc31)C2. The topological polar surface area (TPSA) is 69.9 Å². The predicted molar refractivity (Wildman–Crippen MR) is 113 cm³/mol. The fraction of sp³-hybridized carbons (Fsp3) is 0.727. The molecule has 2 aromatic rings. The average molecular weight is 419 g/mol. The van der Waals surface area contributed by atoms with Crippen LogP contribution in [0.3, 0.4) is 0 Å². The number of fused-ring (bicyclic) bond motifs is 3. The van der Waals surface area contributed by atoms with Crippen LogP contribution in [0.25, 0.3) is 11.2 Å². The highest BCUT2D eigenvalue weighted by Crippen LogP contribution is 2.52. The molecule has 2 aliphatic carbocycles. The number of carbonyl (C=O) groups is 1. The minimum Gasteiger partial charge on any atom is -0.462 e. The number of aromatic nitrogens is 4. The first-order chi connectivity index (χ1) is 14.2. The van der Waals surface area contributed by atoms with Crippen molar-refractivity contribution in [3.05, 3.63) is 17.8 Å². The van der Waals surface area contributed by atoms with Crippen molar-refractivity contribution in [1.82, 2.24) is 19.5 Å². The summed E-state index contributed by atoms with van der Waals surface area (Å²) in [6, 6.07) is 0.265. The van der Waals surface area contributed by atoms with Crippen LogP contribution in [0.5, 0.6) is 0 Å². The summed E-state index contributed by atoms with van der Waals surface area (Å²) >= 11 is 6.15. The third-order valence-electron chi connectivity index (χ3n) is 6.66. The maximum Gasteiger partial charge on any atom is 0.306 e. The van der Waals surface area contributed by atoms with Crippen LogP contribution in [0.4, 0.5) is 0 Å². The molecule has 0 radical (unpaired) electrons. The first-order valence-corrected chi connectivity index (χ1v) is 11.6. The molecule has 2 aliphatic rings. The fourth-order valence-electron chi connectivity index (χ4n) is 5.23. The number of rotatable bonds is 10. The number of hydrogen-bond acceptors (Lipinski definition) is 5. The summed E-state index contributed by atoms with van der Waals surface area (Å²) in [6.07, 6.45) is 15.5. The largest absolute Gasteiger partial charge is 0.462 e. The molecule has 2 fully saturated rings. The van der Waals surface area contributed by atoms with Crippen LogP contribution in [-0.2, 0) is 9.53 Å². The second kappa shape index (κ2) is 9.41. The normalized spacial score (nSPS) is 25.7. The Morgan fingerprint density at radius 3 is 2.69 bits per heavy atom. The van der Waals surface area contributed by atoms with E-state index in [0.717, 1.165) is 37.8 Å². The minimum absolute atomic E-state index is 0.0190. The van der Waals surface area contributed by atoms with E-state index >= 15 is 0 Å². The van der Waals surface area contributed by atoms with Gasteiger partial charge in [0.2, 0.25) is 0 Å². The molecule has 0 saturated heterocycles. The Labute approximate surface area is 177 Å². The highest BCUT2D eigenvalue weighted by molar-refractivity contribution is 6.33. The number of ether oxygens (including phenoxy) is 1. The first-order valence-electron chi connectivity index (χ1n) is 11.2. The molecule has 0 unspecified atom stereocenters. The summed E-state index contributed by atoms with van der Waals surface area (Å²) in [5.41, 5.74) is 1.42. The highest BCUT2D eigenvalue weighted by atomic mass is 35.5. The van der Waals surface area contributed by atoms with Crippen molar-refractivity contribution < 1.29 is 9.53 Å². The van der Waals surface area contributed by atoms with Crippen molar-refractivity contribution in [3.8, 4) is 0 Å². The van der Waals surface area contributed by atoms with Gasteiger partial charge in [0.05, 0.1) is 6.33 Å². The summed E-state index contributed by atoms with van der Waals surface area (Å²) in [5, 5.41) is 0.384. The van der Waals surface area contributed by atoms with Gasteiger partial charge in [-0.05, 0) is 31.6 Å². The third kappa shape index (κ3) is 4.57. The lowest BCUT2D eigenvalue weighted by molar-refractivity contribution is -0.152. The number of unbranched alkanes of at least 4 members (excludes halogenated alkanes) is 6. The molecular weight excluding hydrogens is 388 g/mol. The quantitative estimate of drug-likeness (QED) is 0.289. The van der Waals surface area contributed by atoms with E-state index in [1.807, 2.05) is 6.33 Å². The van der Waals surface area contributed by atoms with Gasteiger partial charge in [0.25, 0.3) is 0 Å². The van der Waals surface area contributed by atoms with Gasteiger partial charge < -0.3 is 9.30 Å². The number of imidazole rings is 1. The molecule has 4 rings (SSSR count). The fourth-order valence-corrected chi connectivity index (χ4v) is 5.40. The Hall–Kier alpha value is -1.69. The van der Waals surface area contributed by atoms with Crippen LogP contribution in [0.1, 0.15) is 83.6 Å². The molecular formula is C22H31ClN4O2. The van der Waals surface area contributed by atoms with Gasteiger partial charge in [-0.3, -0.25) is 4.79 Å². The summed E-state index contributed by atoms with van der Waals surface area (Å²) in [4.78, 5) is 25.2. The summed E-state index contributed by atoms with van der Waals surface area (Å²) < 4.78 is 8.04.